The topological polar surface area (TPSA) is 42.0 Å². The van der Waals surface area contributed by atoms with Crippen molar-refractivity contribution in [2.75, 3.05) is 6.54 Å². The van der Waals surface area contributed by atoms with Gasteiger partial charge in [0, 0.05) is 10.9 Å². The van der Waals surface area contributed by atoms with Gasteiger partial charge in [-0.05, 0) is 24.3 Å². The molecule has 1 N–H and O–H groups in total. The highest BCUT2D eigenvalue weighted by Crippen LogP contribution is 2.11. The summed E-state index contributed by atoms with van der Waals surface area (Å²) in [7, 11) is 0. The van der Waals surface area contributed by atoms with Crippen LogP contribution in [0, 0.1) is 11.8 Å². The van der Waals surface area contributed by atoms with Crippen molar-refractivity contribution < 1.29 is 4.79 Å². The molecule has 0 atom stereocenters. The Labute approximate surface area is 129 Å². The van der Waals surface area contributed by atoms with Crippen LogP contribution in [0.4, 0.5) is 0 Å². The van der Waals surface area contributed by atoms with Crippen LogP contribution in [0.25, 0.3) is 10.9 Å². The van der Waals surface area contributed by atoms with Gasteiger partial charge in [-0.25, -0.2) is 4.98 Å². The highest BCUT2D eigenvalue weighted by atomic mass is 16.1. The summed E-state index contributed by atoms with van der Waals surface area (Å²) in [5.41, 5.74) is 2.14. The monoisotopic (exact) mass is 286 g/mol. The first-order valence-corrected chi connectivity index (χ1v) is 7.01. The molecule has 0 saturated carbocycles. The maximum Gasteiger partial charge on any atom is 0.270 e. The van der Waals surface area contributed by atoms with Crippen molar-refractivity contribution in [1.82, 2.24) is 10.3 Å². The van der Waals surface area contributed by atoms with Gasteiger partial charge in [0.25, 0.3) is 5.91 Å². The van der Waals surface area contributed by atoms with E-state index < -0.39 is 0 Å². The van der Waals surface area contributed by atoms with Crippen molar-refractivity contribution in [1.29, 1.82) is 0 Å². The summed E-state index contributed by atoms with van der Waals surface area (Å²) >= 11 is 0. The van der Waals surface area contributed by atoms with Crippen LogP contribution in [-0.2, 0) is 0 Å². The molecule has 1 heterocycles. The molecule has 3 heteroatoms. The summed E-state index contributed by atoms with van der Waals surface area (Å²) in [6.45, 7) is 0.294. The molecule has 0 aliphatic carbocycles. The number of carbonyl (C=O) groups excluding carboxylic acids is 1. The Morgan fingerprint density at radius 3 is 2.59 bits per heavy atom. The lowest BCUT2D eigenvalue weighted by Crippen LogP contribution is -2.24. The predicted molar refractivity (Wildman–Crippen MR) is 87.4 cm³/mol. The maximum absolute atomic E-state index is 12.1. The van der Waals surface area contributed by atoms with Crippen LogP contribution in [-0.4, -0.2) is 17.4 Å². The molecule has 3 nitrogen and oxygen atoms in total. The number of hydrogen-bond acceptors (Lipinski definition) is 2. The molecule has 3 aromatic rings. The van der Waals surface area contributed by atoms with Crippen molar-refractivity contribution in [3.8, 4) is 11.8 Å². The van der Waals surface area contributed by atoms with E-state index in [9.17, 15) is 4.79 Å². The molecule has 0 bridgehead atoms. The minimum absolute atomic E-state index is 0.215. The molecule has 0 fully saturated rings. The van der Waals surface area contributed by atoms with Gasteiger partial charge in [0.05, 0.1) is 12.1 Å². The summed E-state index contributed by atoms with van der Waals surface area (Å²) < 4.78 is 0. The van der Waals surface area contributed by atoms with Crippen molar-refractivity contribution in [3.05, 3.63) is 78.0 Å². The van der Waals surface area contributed by atoms with Crippen LogP contribution >= 0.6 is 0 Å². The van der Waals surface area contributed by atoms with E-state index in [2.05, 4.69) is 22.1 Å². The number of amides is 1. The quantitative estimate of drug-likeness (QED) is 0.736. The molecular formula is C19H14N2O. The Morgan fingerprint density at radius 2 is 1.73 bits per heavy atom. The SMILES string of the molecule is O=C(NCC#Cc1ccccc1)c1ccc2ccccc2n1. The number of nitrogens with one attached hydrogen (secondary N) is 1. The van der Waals surface area contributed by atoms with Gasteiger partial charge in [-0.1, -0.05) is 54.3 Å². The second-order valence-electron chi connectivity index (χ2n) is 4.74. The summed E-state index contributed by atoms with van der Waals surface area (Å²) in [5, 5.41) is 3.78. The molecule has 1 amide bonds. The van der Waals surface area contributed by atoms with Gasteiger partial charge in [-0.2, -0.15) is 0 Å². The van der Waals surface area contributed by atoms with Crippen molar-refractivity contribution in [2.24, 2.45) is 0 Å². The number of fused-ring (bicyclic) bond motifs is 1. The normalized spacial score (nSPS) is 9.82. The summed E-state index contributed by atoms with van der Waals surface area (Å²) in [5.74, 6) is 5.71. The van der Waals surface area contributed by atoms with Crippen LogP contribution in [0.15, 0.2) is 66.7 Å². The van der Waals surface area contributed by atoms with E-state index in [0.717, 1.165) is 16.5 Å². The Morgan fingerprint density at radius 1 is 0.955 bits per heavy atom. The zero-order chi connectivity index (χ0) is 15.2. The predicted octanol–water partition coefficient (Wildman–Crippen LogP) is 3.02. The van der Waals surface area contributed by atoms with E-state index >= 15 is 0 Å². The number of para-hydroxylation sites is 1. The van der Waals surface area contributed by atoms with Gasteiger partial charge < -0.3 is 5.32 Å². The van der Waals surface area contributed by atoms with Gasteiger partial charge in [0.1, 0.15) is 5.69 Å². The fraction of sp³-hybridized carbons (Fsp3) is 0.0526. The average Bonchev–Trinajstić information content (AvgIpc) is 2.59. The lowest BCUT2D eigenvalue weighted by molar-refractivity contribution is 0.0954. The Hall–Kier alpha value is -3.12. The van der Waals surface area contributed by atoms with Crippen LogP contribution in [0.1, 0.15) is 16.1 Å². The number of rotatable bonds is 2. The lowest BCUT2D eigenvalue weighted by atomic mass is 10.2. The molecule has 0 radical (unpaired) electrons. The van der Waals surface area contributed by atoms with Crippen molar-refractivity contribution >= 4 is 16.8 Å². The van der Waals surface area contributed by atoms with Crippen LogP contribution in [0.5, 0.6) is 0 Å². The molecule has 3 rings (SSSR count). The third-order valence-corrected chi connectivity index (χ3v) is 3.17. The molecule has 0 saturated heterocycles. The second-order valence-corrected chi connectivity index (χ2v) is 4.74. The molecule has 22 heavy (non-hydrogen) atoms. The molecule has 106 valence electrons. The van der Waals surface area contributed by atoms with E-state index in [1.165, 1.54) is 0 Å². The molecule has 0 aliphatic rings. The molecule has 2 aromatic carbocycles. The van der Waals surface area contributed by atoms with Gasteiger partial charge in [0.15, 0.2) is 0 Å². The number of carbonyl (C=O) groups is 1. The summed E-state index contributed by atoms with van der Waals surface area (Å²) in [6.07, 6.45) is 0. The number of nitrogens with zero attached hydrogens (tertiary/aromatic N) is 1. The van der Waals surface area contributed by atoms with Crippen LogP contribution in [0.2, 0.25) is 0 Å². The molecule has 1 aromatic heterocycles. The standard InChI is InChI=1S/C19H14N2O/c22-19(20-14-6-9-15-7-2-1-3-8-15)18-13-12-16-10-4-5-11-17(16)21-18/h1-5,7-8,10-13H,14H2,(H,20,22). The average molecular weight is 286 g/mol. The maximum atomic E-state index is 12.1. The zero-order valence-electron chi connectivity index (χ0n) is 11.9. The first kappa shape index (κ1) is 13.8. The number of benzene rings is 2. The minimum atomic E-state index is -0.215. The van der Waals surface area contributed by atoms with E-state index in [1.54, 1.807) is 6.07 Å². The lowest BCUT2D eigenvalue weighted by Gasteiger charge is -2.02. The fourth-order valence-corrected chi connectivity index (χ4v) is 2.08. The minimum Gasteiger partial charge on any atom is -0.340 e. The third kappa shape index (κ3) is 3.31. The highest BCUT2D eigenvalue weighted by molar-refractivity contribution is 5.94. The molecule has 0 aliphatic heterocycles. The highest BCUT2D eigenvalue weighted by Gasteiger charge is 2.06. The summed E-state index contributed by atoms with van der Waals surface area (Å²) in [6, 6.07) is 21.0. The number of pyridine rings is 1. The first-order chi connectivity index (χ1) is 10.8. The third-order valence-electron chi connectivity index (χ3n) is 3.17. The largest absolute Gasteiger partial charge is 0.340 e. The first-order valence-electron chi connectivity index (χ1n) is 7.01. The van der Waals surface area contributed by atoms with Gasteiger partial charge in [0.2, 0.25) is 0 Å². The smallest absolute Gasteiger partial charge is 0.270 e. The van der Waals surface area contributed by atoms with E-state index in [4.69, 9.17) is 0 Å². The zero-order valence-corrected chi connectivity index (χ0v) is 11.9. The molecule has 0 unspecified atom stereocenters. The van der Waals surface area contributed by atoms with E-state index in [0.29, 0.717) is 12.2 Å². The van der Waals surface area contributed by atoms with Crippen LogP contribution in [0.3, 0.4) is 0 Å². The van der Waals surface area contributed by atoms with E-state index in [-0.39, 0.29) is 5.91 Å². The summed E-state index contributed by atoms with van der Waals surface area (Å²) in [4.78, 5) is 16.4. The van der Waals surface area contributed by atoms with Crippen molar-refractivity contribution in [2.45, 2.75) is 0 Å². The van der Waals surface area contributed by atoms with Crippen LogP contribution < -0.4 is 5.32 Å². The Kier molecular flexibility index (Phi) is 4.12. The van der Waals surface area contributed by atoms with Gasteiger partial charge in [-0.3, -0.25) is 4.79 Å². The second kappa shape index (κ2) is 6.55. The van der Waals surface area contributed by atoms with Crippen molar-refractivity contribution in [3.63, 3.8) is 0 Å². The Bertz CT molecular complexity index is 860. The number of hydrogen-bond donors (Lipinski definition) is 1. The molecule has 0 spiro atoms. The van der Waals surface area contributed by atoms with E-state index in [1.807, 2.05) is 60.7 Å². The number of aromatic nitrogens is 1. The fourth-order valence-electron chi connectivity index (χ4n) is 2.08. The van der Waals surface area contributed by atoms with Gasteiger partial charge in [-0.15, -0.1) is 0 Å². The Balaban J connectivity index is 1.65. The van der Waals surface area contributed by atoms with Gasteiger partial charge >= 0.3 is 0 Å². The molecular weight excluding hydrogens is 272 g/mol.